The number of aromatic nitrogens is 1. The molecule has 2 N–H and O–H groups in total. The van der Waals surface area contributed by atoms with Gasteiger partial charge in [0.25, 0.3) is 0 Å². The first-order chi connectivity index (χ1) is 23.0. The zero-order valence-electron chi connectivity index (χ0n) is 28.7. The number of hydrogen-bond donors (Lipinski definition) is 2. The molecule has 48 heavy (non-hydrogen) atoms. The lowest BCUT2D eigenvalue weighted by Crippen LogP contribution is -2.53. The molecule has 8 rings (SSSR count). The molecule has 2 aromatic heterocycles. The van der Waals surface area contributed by atoms with Gasteiger partial charge in [-0.25, -0.2) is 0 Å². The van der Waals surface area contributed by atoms with E-state index in [1.54, 1.807) is 11.3 Å². The van der Waals surface area contributed by atoms with E-state index in [-0.39, 0.29) is 30.4 Å². The maximum absolute atomic E-state index is 14.0. The van der Waals surface area contributed by atoms with Crippen LogP contribution in [0.3, 0.4) is 0 Å². The Morgan fingerprint density at radius 1 is 0.979 bits per heavy atom. The number of nitrogens with one attached hydrogen (secondary N) is 2. The minimum Gasteiger partial charge on any atom is -0.454 e. The minimum absolute atomic E-state index is 0.0169. The second-order valence-corrected chi connectivity index (χ2v) is 16.2. The molecule has 4 aliphatic rings. The average molecular weight is 667 g/mol. The highest BCUT2D eigenvalue weighted by molar-refractivity contribution is 7.19. The number of nitrogens with zero attached hydrogens (tertiary/aromatic N) is 2. The van der Waals surface area contributed by atoms with Crippen molar-refractivity contribution in [3.05, 3.63) is 69.6 Å². The standard InChI is InChI=1S/C39H46N4O4S/c1-22-12-23(2)14-26(13-22)35-34(30-16-33(48-37(30)41-35)39(4,5)38(45)43-28-7-8-29(43)10-9-28)24(3)17-40-36(44)27-19-42(20-27)18-25-6-11-31-32(15-25)47-21-46-31/h6,11-16,24,27-29,41H,7-10,17-21H2,1-5H3,(H,40,44)/t24-,28?,29?/m1/s1. The number of hydrogen-bond acceptors (Lipinski definition) is 6. The second-order valence-electron chi connectivity index (χ2n) is 15.2. The summed E-state index contributed by atoms with van der Waals surface area (Å²) in [7, 11) is 0. The van der Waals surface area contributed by atoms with Crippen molar-refractivity contribution in [3.63, 3.8) is 0 Å². The lowest BCUT2D eigenvalue weighted by Gasteiger charge is -2.38. The summed E-state index contributed by atoms with van der Waals surface area (Å²) in [6.45, 7) is 13.8. The van der Waals surface area contributed by atoms with E-state index in [0.29, 0.717) is 18.6 Å². The summed E-state index contributed by atoms with van der Waals surface area (Å²) >= 11 is 1.71. The van der Waals surface area contributed by atoms with E-state index in [1.165, 1.54) is 16.7 Å². The second kappa shape index (κ2) is 11.9. The first-order valence-corrected chi connectivity index (χ1v) is 18.3. The van der Waals surface area contributed by atoms with Gasteiger partial charge in [0.1, 0.15) is 4.83 Å². The van der Waals surface area contributed by atoms with Crippen LogP contribution >= 0.6 is 11.3 Å². The lowest BCUT2D eigenvalue weighted by molar-refractivity contribution is -0.137. The molecule has 9 heteroatoms. The fourth-order valence-corrected chi connectivity index (χ4v) is 9.67. The van der Waals surface area contributed by atoms with Crippen LogP contribution < -0.4 is 14.8 Å². The molecule has 0 aliphatic carbocycles. The van der Waals surface area contributed by atoms with Crippen LogP contribution in [-0.2, 0) is 21.5 Å². The molecule has 3 fully saturated rings. The monoisotopic (exact) mass is 666 g/mol. The minimum atomic E-state index is -0.596. The number of aryl methyl sites for hydroxylation is 2. The predicted octanol–water partition coefficient (Wildman–Crippen LogP) is 7.02. The Morgan fingerprint density at radius 3 is 2.38 bits per heavy atom. The van der Waals surface area contributed by atoms with Gasteiger partial charge < -0.3 is 24.7 Å². The molecule has 6 heterocycles. The Morgan fingerprint density at radius 2 is 1.67 bits per heavy atom. The molecule has 0 spiro atoms. The number of aromatic amines is 1. The number of ether oxygens (including phenoxy) is 2. The normalized spacial score (nSPS) is 21.2. The van der Waals surface area contributed by atoms with Gasteiger partial charge in [-0.05, 0) is 100 Å². The third kappa shape index (κ3) is 5.49. The first-order valence-electron chi connectivity index (χ1n) is 17.5. The quantitative estimate of drug-likeness (QED) is 0.201. The summed E-state index contributed by atoms with van der Waals surface area (Å²) in [5.74, 6) is 2.01. The van der Waals surface area contributed by atoms with Crippen LogP contribution in [0.15, 0.2) is 42.5 Å². The summed E-state index contributed by atoms with van der Waals surface area (Å²) in [5, 5.41) is 4.45. The van der Waals surface area contributed by atoms with Gasteiger partial charge in [0, 0.05) is 54.4 Å². The number of amides is 2. The summed E-state index contributed by atoms with van der Waals surface area (Å²) < 4.78 is 11.0. The smallest absolute Gasteiger partial charge is 0.233 e. The molecule has 4 aromatic rings. The van der Waals surface area contributed by atoms with Crippen molar-refractivity contribution < 1.29 is 19.1 Å². The largest absolute Gasteiger partial charge is 0.454 e. The number of carbonyl (C=O) groups excluding carboxylic acids is 2. The molecule has 3 saturated heterocycles. The topological polar surface area (TPSA) is 86.9 Å². The van der Waals surface area contributed by atoms with Crippen molar-refractivity contribution in [2.45, 2.75) is 90.3 Å². The maximum atomic E-state index is 14.0. The zero-order valence-corrected chi connectivity index (χ0v) is 29.5. The average Bonchev–Trinajstić information content (AvgIpc) is 3.86. The van der Waals surface area contributed by atoms with Gasteiger partial charge in [-0.2, -0.15) is 0 Å². The summed E-state index contributed by atoms with van der Waals surface area (Å²) in [6.07, 6.45) is 4.57. The summed E-state index contributed by atoms with van der Waals surface area (Å²) in [6, 6.07) is 15.8. The number of benzene rings is 2. The fourth-order valence-electron chi connectivity index (χ4n) is 8.50. The molecule has 4 aliphatic heterocycles. The zero-order chi connectivity index (χ0) is 33.3. The van der Waals surface area contributed by atoms with Crippen molar-refractivity contribution in [2.75, 3.05) is 26.4 Å². The van der Waals surface area contributed by atoms with Crippen LogP contribution in [0, 0.1) is 19.8 Å². The molecule has 1 atom stereocenters. The highest BCUT2D eigenvalue weighted by Gasteiger charge is 2.47. The van der Waals surface area contributed by atoms with E-state index in [4.69, 9.17) is 9.47 Å². The van der Waals surface area contributed by atoms with Crippen molar-refractivity contribution in [2.24, 2.45) is 5.92 Å². The van der Waals surface area contributed by atoms with E-state index in [0.717, 1.165) is 88.7 Å². The van der Waals surface area contributed by atoms with Gasteiger partial charge >= 0.3 is 0 Å². The van der Waals surface area contributed by atoms with E-state index < -0.39 is 5.41 Å². The van der Waals surface area contributed by atoms with Crippen LogP contribution in [0.2, 0.25) is 0 Å². The van der Waals surface area contributed by atoms with Crippen LogP contribution in [0.25, 0.3) is 21.5 Å². The third-order valence-corrected chi connectivity index (χ3v) is 12.5. The fraction of sp³-hybridized carbons (Fsp3) is 0.487. The van der Waals surface area contributed by atoms with Gasteiger partial charge in [-0.1, -0.05) is 30.2 Å². The number of fused-ring (bicyclic) bond motifs is 4. The molecule has 0 radical (unpaired) electrons. The number of likely N-dealkylation sites (tertiary alicyclic amines) is 1. The Kier molecular flexibility index (Phi) is 7.83. The number of thiophene rings is 1. The van der Waals surface area contributed by atoms with E-state index in [1.807, 2.05) is 12.1 Å². The van der Waals surface area contributed by atoms with Crippen molar-refractivity contribution in [1.29, 1.82) is 0 Å². The van der Waals surface area contributed by atoms with Crippen LogP contribution in [0.4, 0.5) is 0 Å². The molecule has 0 unspecified atom stereocenters. The highest BCUT2D eigenvalue weighted by Crippen LogP contribution is 2.46. The lowest BCUT2D eigenvalue weighted by atomic mass is 9.88. The Hall–Kier alpha value is -3.82. The van der Waals surface area contributed by atoms with Crippen molar-refractivity contribution >= 4 is 33.4 Å². The van der Waals surface area contributed by atoms with Gasteiger partial charge in [-0.3, -0.25) is 14.5 Å². The molecular formula is C39H46N4O4S. The van der Waals surface area contributed by atoms with E-state index in [9.17, 15) is 9.59 Å². The van der Waals surface area contributed by atoms with Crippen molar-refractivity contribution in [1.82, 2.24) is 20.1 Å². The summed E-state index contributed by atoms with van der Waals surface area (Å²) in [4.78, 5) is 37.8. The first kappa shape index (κ1) is 31.4. The Labute approximate surface area is 286 Å². The van der Waals surface area contributed by atoms with Gasteiger partial charge in [0.2, 0.25) is 18.6 Å². The third-order valence-electron chi connectivity index (χ3n) is 11.1. The van der Waals surface area contributed by atoms with E-state index in [2.05, 4.69) is 85.1 Å². The molecule has 8 nitrogen and oxygen atoms in total. The Bertz CT molecular complexity index is 1860. The number of H-pyrrole nitrogens is 1. The van der Waals surface area contributed by atoms with Gasteiger partial charge in [0.15, 0.2) is 11.5 Å². The van der Waals surface area contributed by atoms with Crippen LogP contribution in [0.5, 0.6) is 11.5 Å². The van der Waals surface area contributed by atoms with Crippen LogP contribution in [-0.4, -0.2) is 65.1 Å². The molecule has 2 amide bonds. The molecule has 2 aromatic carbocycles. The number of rotatable bonds is 9. The van der Waals surface area contributed by atoms with E-state index >= 15 is 0 Å². The predicted molar refractivity (Wildman–Crippen MR) is 190 cm³/mol. The SMILES string of the molecule is Cc1cc(C)cc(-c2[nH]c3sc(C(C)(C)C(=O)N4C5CCC4CC5)cc3c2[C@H](C)CNC(=O)C2CN(Cc3ccc4c(c3)OCO4)C2)c1. The molecule has 0 saturated carbocycles. The highest BCUT2D eigenvalue weighted by atomic mass is 32.1. The molecule has 252 valence electrons. The van der Waals surface area contributed by atoms with Crippen molar-refractivity contribution in [3.8, 4) is 22.8 Å². The molecular weight excluding hydrogens is 621 g/mol. The maximum Gasteiger partial charge on any atom is 0.233 e. The Balaban J connectivity index is 0.997. The summed E-state index contributed by atoms with van der Waals surface area (Å²) in [5.41, 5.74) is 6.48. The van der Waals surface area contributed by atoms with Gasteiger partial charge in [-0.15, -0.1) is 11.3 Å². The number of carbonyl (C=O) groups is 2. The van der Waals surface area contributed by atoms with Gasteiger partial charge in [0.05, 0.1) is 17.0 Å². The molecule has 2 bridgehead atoms. The van der Waals surface area contributed by atoms with Crippen LogP contribution in [0.1, 0.15) is 79.5 Å².